The van der Waals surface area contributed by atoms with Gasteiger partial charge in [0.1, 0.15) is 0 Å². The Morgan fingerprint density at radius 3 is 2.50 bits per heavy atom. The topological polar surface area (TPSA) is 23.8 Å². The van der Waals surface area contributed by atoms with Crippen molar-refractivity contribution >= 4 is 0 Å². The molecule has 1 heteroatoms. The van der Waals surface area contributed by atoms with Gasteiger partial charge in [-0.2, -0.15) is 5.26 Å². The molecule has 0 saturated heterocycles. The Hall–Kier alpha value is -1.29. The summed E-state index contributed by atoms with van der Waals surface area (Å²) in [5.41, 5.74) is 3.29. The summed E-state index contributed by atoms with van der Waals surface area (Å²) in [6.07, 6.45) is 0. The molecule has 1 nitrogen and oxygen atoms in total. The highest BCUT2D eigenvalue weighted by Crippen LogP contribution is 2.19. The van der Waals surface area contributed by atoms with E-state index in [1.54, 1.807) is 0 Å². The normalized spacial score (nSPS) is 9.92. The fourth-order valence-corrected chi connectivity index (χ4v) is 1.33. The first-order valence-electron chi connectivity index (χ1n) is 4.16. The molecular weight excluding hydrogens is 146 g/mol. The van der Waals surface area contributed by atoms with Crippen molar-refractivity contribution in [2.24, 2.45) is 0 Å². The van der Waals surface area contributed by atoms with Crippen LogP contribution in [0.5, 0.6) is 0 Å². The van der Waals surface area contributed by atoms with E-state index >= 15 is 0 Å². The predicted molar refractivity (Wildman–Crippen MR) is 50.0 cm³/mol. The molecule has 1 aromatic carbocycles. The first-order valence-corrected chi connectivity index (χ1v) is 4.16. The highest BCUT2D eigenvalue weighted by Gasteiger charge is 2.03. The summed E-state index contributed by atoms with van der Waals surface area (Å²) in [4.78, 5) is 0. The fourth-order valence-electron chi connectivity index (χ4n) is 1.33. The standard InChI is InChI=1S/C11H13N/c1-8(2)11-6-10(7-12)5-4-9(11)3/h4-6,8H,1-3H3. The Kier molecular flexibility index (Phi) is 2.50. The molecule has 0 spiro atoms. The van der Waals surface area contributed by atoms with Crippen LogP contribution in [0, 0.1) is 18.3 Å². The highest BCUT2D eigenvalue weighted by molar-refractivity contribution is 5.38. The van der Waals surface area contributed by atoms with E-state index < -0.39 is 0 Å². The van der Waals surface area contributed by atoms with Crippen LogP contribution in [-0.4, -0.2) is 0 Å². The quantitative estimate of drug-likeness (QED) is 0.618. The molecule has 0 N–H and O–H groups in total. The van der Waals surface area contributed by atoms with Crippen LogP contribution in [0.15, 0.2) is 18.2 Å². The molecule has 62 valence electrons. The Morgan fingerprint density at radius 2 is 2.00 bits per heavy atom. The van der Waals surface area contributed by atoms with Gasteiger partial charge in [0.2, 0.25) is 0 Å². The van der Waals surface area contributed by atoms with E-state index in [2.05, 4.69) is 26.8 Å². The zero-order chi connectivity index (χ0) is 9.14. The lowest BCUT2D eigenvalue weighted by molar-refractivity contribution is 0.856. The van der Waals surface area contributed by atoms with Crippen LogP contribution in [0.2, 0.25) is 0 Å². The Labute approximate surface area is 73.6 Å². The largest absolute Gasteiger partial charge is 0.192 e. The molecule has 0 fully saturated rings. The molecule has 0 atom stereocenters. The molecule has 0 radical (unpaired) electrons. The van der Waals surface area contributed by atoms with Crippen molar-refractivity contribution in [2.45, 2.75) is 26.7 Å². The zero-order valence-corrected chi connectivity index (χ0v) is 7.76. The summed E-state index contributed by atoms with van der Waals surface area (Å²) in [6, 6.07) is 7.99. The molecule has 1 rings (SSSR count). The van der Waals surface area contributed by atoms with Gasteiger partial charge in [-0.3, -0.25) is 0 Å². The van der Waals surface area contributed by atoms with Crippen molar-refractivity contribution in [3.63, 3.8) is 0 Å². The minimum Gasteiger partial charge on any atom is -0.192 e. The van der Waals surface area contributed by atoms with E-state index in [0.717, 1.165) is 5.56 Å². The summed E-state index contributed by atoms with van der Waals surface area (Å²) < 4.78 is 0. The second-order valence-corrected chi connectivity index (χ2v) is 3.34. The van der Waals surface area contributed by atoms with Crippen LogP contribution in [0.1, 0.15) is 36.5 Å². The predicted octanol–water partition coefficient (Wildman–Crippen LogP) is 2.99. The molecule has 0 aliphatic heterocycles. The molecule has 0 saturated carbocycles. The number of hydrogen-bond donors (Lipinski definition) is 0. The smallest absolute Gasteiger partial charge is 0.0991 e. The third-order valence-electron chi connectivity index (χ3n) is 2.03. The van der Waals surface area contributed by atoms with Gasteiger partial charge in [0.15, 0.2) is 0 Å². The van der Waals surface area contributed by atoms with Crippen molar-refractivity contribution in [1.29, 1.82) is 5.26 Å². The van der Waals surface area contributed by atoms with Gasteiger partial charge in [-0.15, -0.1) is 0 Å². The first-order chi connectivity index (χ1) is 5.65. The van der Waals surface area contributed by atoms with Crippen molar-refractivity contribution < 1.29 is 0 Å². The summed E-state index contributed by atoms with van der Waals surface area (Å²) in [5.74, 6) is 0.498. The Bertz CT molecular complexity index is 318. The third kappa shape index (κ3) is 1.65. The fraction of sp³-hybridized carbons (Fsp3) is 0.364. The van der Waals surface area contributed by atoms with Crippen LogP contribution in [0.3, 0.4) is 0 Å². The van der Waals surface area contributed by atoms with Crippen molar-refractivity contribution in [3.05, 3.63) is 34.9 Å². The summed E-state index contributed by atoms with van der Waals surface area (Å²) in [6.45, 7) is 6.36. The molecule has 0 aromatic heterocycles. The van der Waals surface area contributed by atoms with Crippen LogP contribution in [0.4, 0.5) is 0 Å². The van der Waals surface area contributed by atoms with E-state index in [9.17, 15) is 0 Å². The van der Waals surface area contributed by atoms with Crippen LogP contribution in [0.25, 0.3) is 0 Å². The maximum absolute atomic E-state index is 8.68. The Balaban J connectivity index is 3.19. The van der Waals surface area contributed by atoms with Gasteiger partial charge < -0.3 is 0 Å². The molecule has 0 unspecified atom stereocenters. The van der Waals surface area contributed by atoms with Crippen molar-refractivity contribution in [2.75, 3.05) is 0 Å². The zero-order valence-electron chi connectivity index (χ0n) is 7.76. The maximum Gasteiger partial charge on any atom is 0.0991 e. The van der Waals surface area contributed by atoms with Gasteiger partial charge in [-0.1, -0.05) is 19.9 Å². The second-order valence-electron chi connectivity index (χ2n) is 3.34. The number of hydrogen-bond acceptors (Lipinski definition) is 1. The summed E-state index contributed by atoms with van der Waals surface area (Å²) in [5, 5.41) is 8.68. The number of aryl methyl sites for hydroxylation is 1. The van der Waals surface area contributed by atoms with Gasteiger partial charge in [-0.05, 0) is 36.1 Å². The van der Waals surface area contributed by atoms with Gasteiger partial charge in [0.25, 0.3) is 0 Å². The van der Waals surface area contributed by atoms with E-state index in [-0.39, 0.29) is 0 Å². The Morgan fingerprint density at radius 1 is 1.33 bits per heavy atom. The van der Waals surface area contributed by atoms with Gasteiger partial charge in [0, 0.05) is 0 Å². The van der Waals surface area contributed by atoms with Crippen LogP contribution in [-0.2, 0) is 0 Å². The molecule has 1 aromatic rings. The van der Waals surface area contributed by atoms with Gasteiger partial charge in [-0.25, -0.2) is 0 Å². The van der Waals surface area contributed by atoms with Crippen molar-refractivity contribution in [3.8, 4) is 6.07 Å². The van der Waals surface area contributed by atoms with Crippen molar-refractivity contribution in [1.82, 2.24) is 0 Å². The molecule has 0 heterocycles. The lowest BCUT2D eigenvalue weighted by atomic mass is 9.96. The number of nitrogens with zero attached hydrogens (tertiary/aromatic N) is 1. The van der Waals surface area contributed by atoms with E-state index in [1.807, 2.05) is 18.2 Å². The molecule has 0 aliphatic rings. The van der Waals surface area contributed by atoms with Gasteiger partial charge >= 0.3 is 0 Å². The molecule has 12 heavy (non-hydrogen) atoms. The van der Waals surface area contributed by atoms with Crippen LogP contribution < -0.4 is 0 Å². The molecule has 0 bridgehead atoms. The monoisotopic (exact) mass is 159 g/mol. The van der Waals surface area contributed by atoms with E-state index in [1.165, 1.54) is 11.1 Å². The van der Waals surface area contributed by atoms with E-state index in [0.29, 0.717) is 5.92 Å². The number of nitriles is 1. The highest BCUT2D eigenvalue weighted by atomic mass is 14.2. The van der Waals surface area contributed by atoms with Gasteiger partial charge in [0.05, 0.1) is 11.6 Å². The second kappa shape index (κ2) is 3.40. The molecule has 0 aliphatic carbocycles. The van der Waals surface area contributed by atoms with Crippen LogP contribution >= 0.6 is 0 Å². The maximum atomic E-state index is 8.68. The molecule has 0 amide bonds. The first kappa shape index (κ1) is 8.80. The average molecular weight is 159 g/mol. The summed E-state index contributed by atoms with van der Waals surface area (Å²) in [7, 11) is 0. The summed E-state index contributed by atoms with van der Waals surface area (Å²) >= 11 is 0. The lowest BCUT2D eigenvalue weighted by Gasteiger charge is -2.08. The third-order valence-corrected chi connectivity index (χ3v) is 2.03. The lowest BCUT2D eigenvalue weighted by Crippen LogP contribution is -1.92. The average Bonchev–Trinajstić information content (AvgIpc) is 2.05. The minimum atomic E-state index is 0.498. The number of benzene rings is 1. The van der Waals surface area contributed by atoms with E-state index in [4.69, 9.17) is 5.26 Å². The molecular formula is C11H13N. The SMILES string of the molecule is Cc1ccc(C#N)cc1C(C)C. The number of rotatable bonds is 1. The minimum absolute atomic E-state index is 0.498.